The third kappa shape index (κ3) is 2.98. The minimum absolute atomic E-state index is 0.0363. The molecule has 6 nitrogen and oxygen atoms in total. The number of carbonyl (C=O) groups is 1. The lowest BCUT2D eigenvalue weighted by Gasteiger charge is -2.16. The standard InChI is InChI=1S/C14H18N4O2S/c1-9-12(21-8-16-9)6-15-14(19)11-3-4-20-13(11)10-5-17-18(2)7-10/h5,7-8,11,13H,3-4,6H2,1-2H3,(H,15,19)/t11-,13+/m0/s1. The molecule has 3 heterocycles. The second-order valence-corrected chi connectivity index (χ2v) is 6.15. The van der Waals surface area contributed by atoms with Gasteiger partial charge in [0.2, 0.25) is 5.91 Å². The van der Waals surface area contributed by atoms with Crippen LogP contribution in [0.25, 0.3) is 0 Å². The van der Waals surface area contributed by atoms with E-state index in [1.165, 1.54) is 0 Å². The molecule has 1 N–H and O–H groups in total. The van der Waals surface area contributed by atoms with Crippen molar-refractivity contribution in [3.05, 3.63) is 34.0 Å². The molecule has 3 rings (SSSR count). The van der Waals surface area contributed by atoms with E-state index in [2.05, 4.69) is 15.4 Å². The minimum atomic E-state index is -0.193. The van der Waals surface area contributed by atoms with Gasteiger partial charge in [0.25, 0.3) is 0 Å². The van der Waals surface area contributed by atoms with E-state index in [-0.39, 0.29) is 17.9 Å². The fourth-order valence-corrected chi connectivity index (χ4v) is 3.28. The van der Waals surface area contributed by atoms with E-state index >= 15 is 0 Å². The SMILES string of the molecule is Cc1ncsc1CNC(=O)[C@H]1CCO[C@@H]1c1cnn(C)c1. The first kappa shape index (κ1) is 14.2. The zero-order valence-corrected chi connectivity index (χ0v) is 12.9. The summed E-state index contributed by atoms with van der Waals surface area (Å²) in [6.07, 6.45) is 4.22. The Morgan fingerprint density at radius 2 is 2.48 bits per heavy atom. The summed E-state index contributed by atoms with van der Waals surface area (Å²) >= 11 is 1.56. The zero-order chi connectivity index (χ0) is 14.8. The maximum Gasteiger partial charge on any atom is 0.226 e. The molecule has 21 heavy (non-hydrogen) atoms. The van der Waals surface area contributed by atoms with Gasteiger partial charge in [-0.25, -0.2) is 4.98 Å². The number of amides is 1. The van der Waals surface area contributed by atoms with Crippen LogP contribution in [0.4, 0.5) is 0 Å². The quantitative estimate of drug-likeness (QED) is 0.931. The molecule has 1 aliphatic heterocycles. The van der Waals surface area contributed by atoms with Gasteiger partial charge in [0.15, 0.2) is 0 Å². The Bertz CT molecular complexity index is 636. The number of rotatable bonds is 4. The highest BCUT2D eigenvalue weighted by atomic mass is 32.1. The van der Waals surface area contributed by atoms with Gasteiger partial charge in [0, 0.05) is 30.3 Å². The van der Waals surface area contributed by atoms with Crippen molar-refractivity contribution in [3.63, 3.8) is 0 Å². The van der Waals surface area contributed by atoms with Crippen LogP contribution in [0.1, 0.15) is 28.7 Å². The third-order valence-electron chi connectivity index (χ3n) is 3.75. The van der Waals surface area contributed by atoms with Crippen molar-refractivity contribution in [3.8, 4) is 0 Å². The zero-order valence-electron chi connectivity index (χ0n) is 12.1. The van der Waals surface area contributed by atoms with Gasteiger partial charge in [0.1, 0.15) is 0 Å². The van der Waals surface area contributed by atoms with Gasteiger partial charge in [-0.15, -0.1) is 11.3 Å². The number of hydrogen-bond acceptors (Lipinski definition) is 5. The molecule has 0 saturated carbocycles. The van der Waals surface area contributed by atoms with E-state index in [0.29, 0.717) is 13.2 Å². The van der Waals surface area contributed by atoms with Crippen LogP contribution >= 0.6 is 11.3 Å². The highest BCUT2D eigenvalue weighted by Crippen LogP contribution is 2.34. The molecule has 0 aromatic carbocycles. The van der Waals surface area contributed by atoms with Crippen molar-refractivity contribution in [2.24, 2.45) is 13.0 Å². The van der Waals surface area contributed by atoms with Crippen molar-refractivity contribution in [2.45, 2.75) is 26.0 Å². The van der Waals surface area contributed by atoms with Crippen molar-refractivity contribution in [1.29, 1.82) is 0 Å². The lowest BCUT2D eigenvalue weighted by atomic mass is 9.96. The first-order valence-corrected chi connectivity index (χ1v) is 7.80. The summed E-state index contributed by atoms with van der Waals surface area (Å²) in [6.45, 7) is 3.10. The Kier molecular flexibility index (Phi) is 4.03. The van der Waals surface area contributed by atoms with Crippen molar-refractivity contribution >= 4 is 17.2 Å². The third-order valence-corrected chi connectivity index (χ3v) is 4.68. The van der Waals surface area contributed by atoms with Crippen molar-refractivity contribution in [2.75, 3.05) is 6.61 Å². The maximum atomic E-state index is 12.4. The number of carbonyl (C=O) groups excluding carboxylic acids is 1. The van der Waals surface area contributed by atoms with Crippen molar-refractivity contribution in [1.82, 2.24) is 20.1 Å². The highest BCUT2D eigenvalue weighted by Gasteiger charge is 2.35. The molecule has 1 amide bonds. The maximum absolute atomic E-state index is 12.4. The average molecular weight is 306 g/mol. The lowest BCUT2D eigenvalue weighted by molar-refractivity contribution is -0.126. The van der Waals surface area contributed by atoms with Crippen LogP contribution in [-0.2, 0) is 23.1 Å². The Hall–Kier alpha value is -1.73. The van der Waals surface area contributed by atoms with Gasteiger partial charge < -0.3 is 10.1 Å². The number of aryl methyl sites for hydroxylation is 2. The van der Waals surface area contributed by atoms with E-state index in [4.69, 9.17) is 4.74 Å². The highest BCUT2D eigenvalue weighted by molar-refractivity contribution is 7.09. The summed E-state index contributed by atoms with van der Waals surface area (Å²) in [5.41, 5.74) is 3.74. The Balaban J connectivity index is 1.65. The topological polar surface area (TPSA) is 69.0 Å². The van der Waals surface area contributed by atoms with E-state index in [1.54, 1.807) is 27.7 Å². The molecule has 0 aliphatic carbocycles. The lowest BCUT2D eigenvalue weighted by Crippen LogP contribution is -2.31. The molecule has 112 valence electrons. The second-order valence-electron chi connectivity index (χ2n) is 5.21. The number of hydrogen-bond donors (Lipinski definition) is 1. The summed E-state index contributed by atoms with van der Waals surface area (Å²) in [5.74, 6) is -0.114. The van der Waals surface area contributed by atoms with Crippen molar-refractivity contribution < 1.29 is 9.53 Å². The number of aromatic nitrogens is 3. The molecular formula is C14H18N4O2S. The summed E-state index contributed by atoms with van der Waals surface area (Å²) in [4.78, 5) is 17.7. The predicted octanol–water partition coefficient (Wildman–Crippen LogP) is 1.58. The predicted molar refractivity (Wildman–Crippen MR) is 78.7 cm³/mol. The molecule has 2 atom stereocenters. The van der Waals surface area contributed by atoms with Gasteiger partial charge in [-0.3, -0.25) is 9.48 Å². The Morgan fingerprint density at radius 1 is 1.62 bits per heavy atom. The molecule has 0 unspecified atom stereocenters. The molecular weight excluding hydrogens is 288 g/mol. The van der Waals surface area contributed by atoms with Crippen LogP contribution in [0.5, 0.6) is 0 Å². The molecule has 7 heteroatoms. The smallest absolute Gasteiger partial charge is 0.226 e. The van der Waals surface area contributed by atoms with Crippen LogP contribution in [0, 0.1) is 12.8 Å². The van der Waals surface area contributed by atoms with Crippen LogP contribution < -0.4 is 5.32 Å². The van der Waals surface area contributed by atoms with E-state index in [1.807, 2.05) is 20.2 Å². The molecule has 1 fully saturated rings. The normalized spacial score (nSPS) is 21.6. The van der Waals surface area contributed by atoms with Gasteiger partial charge >= 0.3 is 0 Å². The number of ether oxygens (including phenoxy) is 1. The van der Waals surface area contributed by atoms with Crippen LogP contribution in [0.3, 0.4) is 0 Å². The molecule has 2 aromatic heterocycles. The van der Waals surface area contributed by atoms with E-state index in [9.17, 15) is 4.79 Å². The monoisotopic (exact) mass is 306 g/mol. The average Bonchev–Trinajstić information content (AvgIpc) is 3.16. The van der Waals surface area contributed by atoms with Gasteiger partial charge in [-0.2, -0.15) is 5.10 Å². The summed E-state index contributed by atoms with van der Waals surface area (Å²) < 4.78 is 7.45. The summed E-state index contributed by atoms with van der Waals surface area (Å²) in [5, 5.41) is 7.15. The summed E-state index contributed by atoms with van der Waals surface area (Å²) in [7, 11) is 1.86. The van der Waals surface area contributed by atoms with Gasteiger partial charge in [-0.1, -0.05) is 0 Å². The number of nitrogens with one attached hydrogen (secondary N) is 1. The van der Waals surface area contributed by atoms with Crippen LogP contribution in [0.2, 0.25) is 0 Å². The molecule has 0 radical (unpaired) electrons. The molecule has 1 saturated heterocycles. The number of thiazole rings is 1. The van der Waals surface area contributed by atoms with Gasteiger partial charge in [-0.05, 0) is 13.3 Å². The number of nitrogens with zero attached hydrogens (tertiary/aromatic N) is 3. The van der Waals surface area contributed by atoms with Crippen LogP contribution in [-0.4, -0.2) is 27.3 Å². The molecule has 2 aromatic rings. The Labute approximate surface area is 127 Å². The fraction of sp³-hybridized carbons (Fsp3) is 0.500. The van der Waals surface area contributed by atoms with Crippen LogP contribution in [0.15, 0.2) is 17.9 Å². The second kappa shape index (κ2) is 5.95. The molecule has 1 aliphatic rings. The Morgan fingerprint density at radius 3 is 3.14 bits per heavy atom. The molecule has 0 spiro atoms. The van der Waals surface area contributed by atoms with Gasteiger partial charge in [0.05, 0.1) is 36.0 Å². The minimum Gasteiger partial charge on any atom is -0.373 e. The first-order chi connectivity index (χ1) is 10.1. The molecule has 0 bridgehead atoms. The van der Waals surface area contributed by atoms with E-state index in [0.717, 1.165) is 22.6 Å². The largest absolute Gasteiger partial charge is 0.373 e. The fourth-order valence-electron chi connectivity index (χ4n) is 2.57. The summed E-state index contributed by atoms with van der Waals surface area (Å²) in [6, 6.07) is 0. The van der Waals surface area contributed by atoms with E-state index < -0.39 is 0 Å². The first-order valence-electron chi connectivity index (χ1n) is 6.92.